The number of fused-ring (bicyclic) bond motifs is 6. The zero-order valence-electron chi connectivity index (χ0n) is 15.3. The summed E-state index contributed by atoms with van der Waals surface area (Å²) >= 11 is 0. The lowest BCUT2D eigenvalue weighted by molar-refractivity contribution is 0.664. The van der Waals surface area contributed by atoms with Crippen LogP contribution in [0.4, 0.5) is 0 Å². The van der Waals surface area contributed by atoms with Crippen molar-refractivity contribution in [1.82, 2.24) is 0 Å². The largest absolute Gasteiger partial charge is 0.456 e. The Balaban J connectivity index is 1.60. The van der Waals surface area contributed by atoms with Gasteiger partial charge in [0.25, 0.3) is 0 Å². The summed E-state index contributed by atoms with van der Waals surface area (Å²) in [6, 6.07) is 18.5. The molecular weight excluding hydrogens is 332 g/mol. The third kappa shape index (κ3) is 2.76. The molecule has 0 spiro atoms. The van der Waals surface area contributed by atoms with Gasteiger partial charge in [-0.1, -0.05) is 49.8 Å². The summed E-state index contributed by atoms with van der Waals surface area (Å²) in [5, 5.41) is 4.39. The van der Waals surface area contributed by atoms with Crippen molar-refractivity contribution < 1.29 is 8.83 Å². The van der Waals surface area contributed by atoms with E-state index in [1.54, 1.807) is 0 Å². The van der Waals surface area contributed by atoms with Crippen LogP contribution in [-0.4, -0.2) is 0 Å². The van der Waals surface area contributed by atoms with Crippen molar-refractivity contribution in [3.63, 3.8) is 0 Å². The van der Waals surface area contributed by atoms with Crippen LogP contribution in [0.3, 0.4) is 0 Å². The summed E-state index contributed by atoms with van der Waals surface area (Å²) in [6.07, 6.45) is 4.59. The molecule has 2 heterocycles. The molecule has 132 valence electrons. The summed E-state index contributed by atoms with van der Waals surface area (Å²) < 4.78 is 12.2. The van der Waals surface area contributed by atoms with Crippen LogP contribution in [0.5, 0.6) is 0 Å². The summed E-state index contributed by atoms with van der Waals surface area (Å²) in [6.45, 7) is 2.21. The quantitative estimate of drug-likeness (QED) is 0.249. The molecule has 0 atom stereocenters. The molecule has 0 fully saturated rings. The van der Waals surface area contributed by atoms with Crippen LogP contribution < -0.4 is 0 Å². The molecule has 0 aliphatic rings. The Labute approximate surface area is 157 Å². The van der Waals surface area contributed by atoms with E-state index in [1.165, 1.54) is 19.3 Å². The number of benzene rings is 3. The van der Waals surface area contributed by atoms with Gasteiger partial charge in [-0.25, -0.2) is 0 Å². The highest BCUT2D eigenvalue weighted by molar-refractivity contribution is 6.14. The van der Waals surface area contributed by atoms with Gasteiger partial charge in [-0.2, -0.15) is 0 Å². The Morgan fingerprint density at radius 2 is 1.41 bits per heavy atom. The van der Waals surface area contributed by atoms with E-state index in [0.29, 0.717) is 0 Å². The Morgan fingerprint density at radius 1 is 0.704 bits per heavy atom. The Morgan fingerprint density at radius 3 is 2.22 bits per heavy atom. The van der Waals surface area contributed by atoms with Crippen LogP contribution in [0.2, 0.25) is 0 Å². The van der Waals surface area contributed by atoms with Gasteiger partial charge < -0.3 is 8.83 Å². The van der Waals surface area contributed by atoms with Gasteiger partial charge in [0.05, 0.1) is 0 Å². The van der Waals surface area contributed by atoms with E-state index < -0.39 is 0 Å². The first-order valence-corrected chi connectivity index (χ1v) is 9.60. The van der Waals surface area contributed by atoms with Crippen molar-refractivity contribution in [2.45, 2.75) is 32.6 Å². The van der Waals surface area contributed by atoms with Crippen LogP contribution in [0.15, 0.2) is 63.4 Å². The normalized spacial score (nSPS) is 11.4. The maximum atomic E-state index is 6.15. The molecule has 0 bridgehead atoms. The second kappa shape index (κ2) is 6.52. The summed E-state index contributed by atoms with van der Waals surface area (Å²) in [5.74, 6) is 6.53. The fourth-order valence-electron chi connectivity index (χ4n) is 3.70. The molecule has 0 N–H and O–H groups in total. The van der Waals surface area contributed by atoms with E-state index >= 15 is 0 Å². The standard InChI is InChI=1S/C25H20O2/c1-2-3-4-5-6-9-17-12-13-19-21-16-24-20(15-25(21)27-23(19)14-17)18-10-7-8-11-22(18)26-24/h7-8,10-16H,2-5H2,1H3. The first-order valence-electron chi connectivity index (χ1n) is 9.60. The molecule has 0 unspecified atom stereocenters. The first kappa shape index (κ1) is 16.0. The predicted molar refractivity (Wildman–Crippen MR) is 112 cm³/mol. The number of para-hydroxylation sites is 1. The van der Waals surface area contributed by atoms with Crippen LogP contribution >= 0.6 is 0 Å². The van der Waals surface area contributed by atoms with Crippen molar-refractivity contribution in [2.75, 3.05) is 0 Å². The Hall–Kier alpha value is -3.18. The maximum absolute atomic E-state index is 6.15. The van der Waals surface area contributed by atoms with E-state index in [4.69, 9.17) is 8.83 Å². The molecule has 27 heavy (non-hydrogen) atoms. The fourth-order valence-corrected chi connectivity index (χ4v) is 3.70. The molecule has 0 saturated heterocycles. The van der Waals surface area contributed by atoms with E-state index in [2.05, 4.69) is 49.1 Å². The van der Waals surface area contributed by atoms with Gasteiger partial charge in [-0.15, -0.1) is 0 Å². The van der Waals surface area contributed by atoms with Gasteiger partial charge in [0.2, 0.25) is 0 Å². The number of rotatable bonds is 3. The minimum absolute atomic E-state index is 0.877. The smallest absolute Gasteiger partial charge is 0.136 e. The molecule has 2 nitrogen and oxygen atoms in total. The molecular formula is C25H20O2. The Kier molecular flexibility index (Phi) is 3.87. The predicted octanol–water partition coefficient (Wildman–Crippen LogP) is 7.42. The van der Waals surface area contributed by atoms with Crippen molar-refractivity contribution in [3.05, 3.63) is 60.2 Å². The molecule has 0 radical (unpaired) electrons. The number of hydrogen-bond acceptors (Lipinski definition) is 2. The highest BCUT2D eigenvalue weighted by atomic mass is 16.3. The Bertz CT molecular complexity index is 1340. The van der Waals surface area contributed by atoms with Gasteiger partial charge >= 0.3 is 0 Å². The SMILES string of the molecule is CCCCCC#Cc1ccc2c(c1)oc1cc3c(cc12)oc1ccccc13. The second-order valence-electron chi connectivity index (χ2n) is 7.01. The zero-order valence-corrected chi connectivity index (χ0v) is 15.3. The molecule has 0 aliphatic heterocycles. The third-order valence-corrected chi connectivity index (χ3v) is 5.11. The average molecular weight is 352 g/mol. The van der Waals surface area contributed by atoms with Crippen molar-refractivity contribution in [2.24, 2.45) is 0 Å². The maximum Gasteiger partial charge on any atom is 0.136 e. The monoisotopic (exact) mass is 352 g/mol. The van der Waals surface area contributed by atoms with Gasteiger partial charge in [0, 0.05) is 33.5 Å². The second-order valence-corrected chi connectivity index (χ2v) is 7.01. The van der Waals surface area contributed by atoms with Gasteiger partial charge in [0.1, 0.15) is 22.3 Å². The highest BCUT2D eigenvalue weighted by Gasteiger charge is 2.13. The first-order chi connectivity index (χ1) is 13.3. The highest BCUT2D eigenvalue weighted by Crippen LogP contribution is 2.36. The van der Waals surface area contributed by atoms with Gasteiger partial charge in [-0.05, 0) is 42.8 Å². The summed E-state index contributed by atoms with van der Waals surface area (Å²) in [5.41, 5.74) is 4.57. The summed E-state index contributed by atoms with van der Waals surface area (Å²) in [4.78, 5) is 0. The van der Waals surface area contributed by atoms with Gasteiger partial charge in [-0.3, -0.25) is 0 Å². The topological polar surface area (TPSA) is 26.3 Å². The minimum atomic E-state index is 0.877. The molecule has 0 amide bonds. The lowest BCUT2D eigenvalue weighted by Crippen LogP contribution is -1.75. The lowest BCUT2D eigenvalue weighted by Gasteiger charge is -1.92. The minimum Gasteiger partial charge on any atom is -0.456 e. The van der Waals surface area contributed by atoms with Crippen molar-refractivity contribution in [3.8, 4) is 11.8 Å². The zero-order chi connectivity index (χ0) is 18.2. The fraction of sp³-hybridized carbons (Fsp3) is 0.200. The van der Waals surface area contributed by atoms with Crippen LogP contribution in [0, 0.1) is 11.8 Å². The number of hydrogen-bond donors (Lipinski definition) is 0. The molecule has 0 saturated carbocycles. The average Bonchev–Trinajstić information content (AvgIpc) is 3.23. The van der Waals surface area contributed by atoms with E-state index in [9.17, 15) is 0 Å². The van der Waals surface area contributed by atoms with E-state index in [0.717, 1.165) is 55.9 Å². The summed E-state index contributed by atoms with van der Waals surface area (Å²) in [7, 11) is 0. The van der Waals surface area contributed by atoms with E-state index in [1.807, 2.05) is 24.3 Å². The molecule has 0 aliphatic carbocycles. The molecule has 5 rings (SSSR count). The van der Waals surface area contributed by atoms with Crippen LogP contribution in [-0.2, 0) is 0 Å². The number of furan rings is 2. The van der Waals surface area contributed by atoms with Crippen LogP contribution in [0.25, 0.3) is 43.9 Å². The van der Waals surface area contributed by atoms with Crippen molar-refractivity contribution in [1.29, 1.82) is 0 Å². The van der Waals surface area contributed by atoms with E-state index in [-0.39, 0.29) is 0 Å². The molecule has 3 aromatic carbocycles. The third-order valence-electron chi connectivity index (χ3n) is 5.11. The number of unbranched alkanes of at least 4 members (excludes halogenated alkanes) is 3. The molecule has 2 heteroatoms. The lowest BCUT2D eigenvalue weighted by atomic mass is 10.1. The van der Waals surface area contributed by atoms with Gasteiger partial charge in [0.15, 0.2) is 0 Å². The van der Waals surface area contributed by atoms with Crippen LogP contribution in [0.1, 0.15) is 38.2 Å². The molecule has 5 aromatic rings. The van der Waals surface area contributed by atoms with Crippen molar-refractivity contribution >= 4 is 43.9 Å². The molecule has 2 aromatic heterocycles.